The van der Waals surface area contributed by atoms with E-state index < -0.39 is 0 Å². The van der Waals surface area contributed by atoms with Crippen LogP contribution >= 0.6 is 11.6 Å². The first kappa shape index (κ1) is 14.8. The molecule has 0 aliphatic heterocycles. The Balaban J connectivity index is 2.12. The van der Waals surface area contributed by atoms with Crippen molar-refractivity contribution >= 4 is 17.6 Å². The van der Waals surface area contributed by atoms with Gasteiger partial charge in [0.05, 0.1) is 12.6 Å². The minimum atomic E-state index is 0.0520. The number of aromatic nitrogens is 2. The molecule has 0 spiro atoms. The molecular formula is C14H19ClN4O. The average Bonchev–Trinajstić information content (AvgIpc) is 2.93. The SMILES string of the molecule is CCNCc1nnc(N(C)C(C)c2ccccc2Cl)o1. The van der Waals surface area contributed by atoms with Crippen LogP contribution in [0.1, 0.15) is 31.3 Å². The second-order valence-corrected chi connectivity index (χ2v) is 4.97. The van der Waals surface area contributed by atoms with Gasteiger partial charge in [-0.05, 0) is 25.1 Å². The lowest BCUT2D eigenvalue weighted by Gasteiger charge is -2.23. The van der Waals surface area contributed by atoms with Gasteiger partial charge in [0.15, 0.2) is 0 Å². The molecule has 1 aromatic heterocycles. The molecule has 0 aliphatic carbocycles. The lowest BCUT2D eigenvalue weighted by atomic mass is 10.1. The van der Waals surface area contributed by atoms with Crippen LogP contribution in [0.15, 0.2) is 28.7 Å². The van der Waals surface area contributed by atoms with E-state index in [2.05, 4.69) is 22.4 Å². The topological polar surface area (TPSA) is 54.2 Å². The molecule has 1 unspecified atom stereocenters. The first-order valence-electron chi connectivity index (χ1n) is 6.63. The zero-order valence-electron chi connectivity index (χ0n) is 11.9. The second-order valence-electron chi connectivity index (χ2n) is 4.57. The summed E-state index contributed by atoms with van der Waals surface area (Å²) in [6.45, 7) is 5.53. The zero-order valence-corrected chi connectivity index (χ0v) is 12.7. The lowest BCUT2D eigenvalue weighted by Crippen LogP contribution is -2.22. The van der Waals surface area contributed by atoms with Gasteiger partial charge < -0.3 is 14.6 Å². The van der Waals surface area contributed by atoms with E-state index in [1.807, 2.05) is 43.1 Å². The average molecular weight is 295 g/mol. The molecular weight excluding hydrogens is 276 g/mol. The Morgan fingerprint density at radius 2 is 2.10 bits per heavy atom. The van der Waals surface area contributed by atoms with E-state index >= 15 is 0 Å². The van der Waals surface area contributed by atoms with Gasteiger partial charge in [0.2, 0.25) is 5.89 Å². The standard InChI is InChI=1S/C14H19ClN4O/c1-4-16-9-13-17-18-14(20-13)19(3)10(2)11-7-5-6-8-12(11)15/h5-8,10,16H,4,9H2,1-3H3. The molecule has 0 fully saturated rings. The van der Waals surface area contributed by atoms with Crippen LogP contribution in [0.5, 0.6) is 0 Å². The molecule has 6 heteroatoms. The number of anilines is 1. The van der Waals surface area contributed by atoms with Crippen LogP contribution in [-0.4, -0.2) is 23.8 Å². The van der Waals surface area contributed by atoms with Crippen molar-refractivity contribution in [1.82, 2.24) is 15.5 Å². The molecule has 0 saturated heterocycles. The normalized spacial score (nSPS) is 12.4. The number of nitrogens with zero attached hydrogens (tertiary/aromatic N) is 3. The van der Waals surface area contributed by atoms with Gasteiger partial charge in [-0.25, -0.2) is 0 Å². The summed E-state index contributed by atoms with van der Waals surface area (Å²) in [5, 5.41) is 12.0. The number of hydrogen-bond acceptors (Lipinski definition) is 5. The molecule has 20 heavy (non-hydrogen) atoms. The zero-order chi connectivity index (χ0) is 14.5. The molecule has 1 N–H and O–H groups in total. The fourth-order valence-corrected chi connectivity index (χ4v) is 2.17. The van der Waals surface area contributed by atoms with Crippen LogP contribution in [-0.2, 0) is 6.54 Å². The Hall–Kier alpha value is -1.59. The quantitative estimate of drug-likeness (QED) is 0.887. The Kier molecular flexibility index (Phi) is 4.98. The summed E-state index contributed by atoms with van der Waals surface area (Å²) in [4.78, 5) is 1.92. The number of halogens is 1. The van der Waals surface area contributed by atoms with Crippen LogP contribution in [0, 0.1) is 0 Å². The van der Waals surface area contributed by atoms with Crippen molar-refractivity contribution in [2.24, 2.45) is 0 Å². The van der Waals surface area contributed by atoms with E-state index in [-0.39, 0.29) is 6.04 Å². The van der Waals surface area contributed by atoms with Gasteiger partial charge in [-0.2, -0.15) is 0 Å². The van der Waals surface area contributed by atoms with Crippen molar-refractivity contribution in [2.45, 2.75) is 26.4 Å². The molecule has 2 aromatic rings. The smallest absolute Gasteiger partial charge is 0.318 e. The highest BCUT2D eigenvalue weighted by molar-refractivity contribution is 6.31. The fourth-order valence-electron chi connectivity index (χ4n) is 1.88. The lowest BCUT2D eigenvalue weighted by molar-refractivity contribution is 0.461. The molecule has 0 bridgehead atoms. The van der Waals surface area contributed by atoms with E-state index in [0.717, 1.165) is 17.1 Å². The summed E-state index contributed by atoms with van der Waals surface area (Å²) in [7, 11) is 1.92. The predicted octanol–water partition coefficient (Wildman–Crippen LogP) is 3.03. The third-order valence-electron chi connectivity index (χ3n) is 3.22. The number of benzene rings is 1. The van der Waals surface area contributed by atoms with Crippen molar-refractivity contribution in [1.29, 1.82) is 0 Å². The van der Waals surface area contributed by atoms with Crippen molar-refractivity contribution in [3.05, 3.63) is 40.7 Å². The highest BCUT2D eigenvalue weighted by Gasteiger charge is 2.19. The number of hydrogen-bond donors (Lipinski definition) is 1. The summed E-state index contributed by atoms with van der Waals surface area (Å²) in [5.74, 6) is 0.583. The number of nitrogens with one attached hydrogen (secondary N) is 1. The fraction of sp³-hybridized carbons (Fsp3) is 0.429. The van der Waals surface area contributed by atoms with E-state index in [4.69, 9.17) is 16.0 Å². The minimum Gasteiger partial charge on any atom is -0.407 e. The first-order valence-corrected chi connectivity index (χ1v) is 7.01. The maximum atomic E-state index is 6.22. The van der Waals surface area contributed by atoms with E-state index in [1.165, 1.54) is 0 Å². The maximum Gasteiger partial charge on any atom is 0.318 e. The van der Waals surface area contributed by atoms with Crippen LogP contribution in [0.4, 0.5) is 6.01 Å². The molecule has 2 rings (SSSR count). The van der Waals surface area contributed by atoms with Gasteiger partial charge >= 0.3 is 6.01 Å². The summed E-state index contributed by atoms with van der Waals surface area (Å²) in [5.41, 5.74) is 1.03. The van der Waals surface area contributed by atoms with E-state index in [1.54, 1.807) is 0 Å². The highest BCUT2D eigenvalue weighted by Crippen LogP contribution is 2.29. The van der Waals surface area contributed by atoms with Crippen molar-refractivity contribution in [3.63, 3.8) is 0 Å². The second kappa shape index (κ2) is 6.72. The minimum absolute atomic E-state index is 0.0520. The molecule has 0 radical (unpaired) electrons. The summed E-state index contributed by atoms with van der Waals surface area (Å²) in [6.07, 6.45) is 0. The largest absolute Gasteiger partial charge is 0.407 e. The van der Waals surface area contributed by atoms with Crippen LogP contribution in [0.2, 0.25) is 5.02 Å². The third-order valence-corrected chi connectivity index (χ3v) is 3.56. The van der Waals surface area contributed by atoms with E-state index in [9.17, 15) is 0 Å². The Morgan fingerprint density at radius 1 is 1.35 bits per heavy atom. The van der Waals surface area contributed by atoms with Gasteiger partial charge in [-0.15, -0.1) is 5.10 Å². The molecule has 108 valence electrons. The predicted molar refractivity (Wildman–Crippen MR) is 79.9 cm³/mol. The van der Waals surface area contributed by atoms with E-state index in [0.29, 0.717) is 18.5 Å². The number of rotatable bonds is 6. The first-order chi connectivity index (χ1) is 9.63. The third kappa shape index (κ3) is 3.29. The van der Waals surface area contributed by atoms with Gasteiger partial charge in [0, 0.05) is 12.1 Å². The van der Waals surface area contributed by atoms with Crippen molar-refractivity contribution in [2.75, 3.05) is 18.5 Å². The molecule has 0 aliphatic rings. The molecule has 1 aromatic carbocycles. The van der Waals surface area contributed by atoms with Gasteiger partial charge in [-0.3, -0.25) is 0 Å². The maximum absolute atomic E-state index is 6.22. The van der Waals surface area contributed by atoms with Gasteiger partial charge in [-0.1, -0.05) is 41.8 Å². The van der Waals surface area contributed by atoms with Crippen molar-refractivity contribution in [3.8, 4) is 0 Å². The van der Waals surface area contributed by atoms with Crippen LogP contribution in [0.25, 0.3) is 0 Å². The molecule has 0 saturated carbocycles. The Labute approximate surface area is 123 Å². The van der Waals surface area contributed by atoms with Gasteiger partial charge in [0.25, 0.3) is 0 Å². The Bertz CT molecular complexity index is 558. The molecule has 1 heterocycles. The summed E-state index contributed by atoms with van der Waals surface area (Å²) in [6, 6.07) is 8.31. The summed E-state index contributed by atoms with van der Waals surface area (Å²) >= 11 is 6.22. The van der Waals surface area contributed by atoms with Crippen LogP contribution in [0.3, 0.4) is 0 Å². The molecule has 1 atom stereocenters. The monoisotopic (exact) mass is 294 g/mol. The van der Waals surface area contributed by atoms with Gasteiger partial charge in [0.1, 0.15) is 0 Å². The Morgan fingerprint density at radius 3 is 2.80 bits per heavy atom. The van der Waals surface area contributed by atoms with Crippen LogP contribution < -0.4 is 10.2 Å². The summed E-state index contributed by atoms with van der Waals surface area (Å²) < 4.78 is 5.63. The molecule has 5 nitrogen and oxygen atoms in total. The molecule has 0 amide bonds. The highest BCUT2D eigenvalue weighted by atomic mass is 35.5. The van der Waals surface area contributed by atoms with Crippen molar-refractivity contribution < 1.29 is 4.42 Å².